The third-order valence-corrected chi connectivity index (χ3v) is 7.86. The quantitative estimate of drug-likeness (QED) is 0.449. The first kappa shape index (κ1) is 24.1. The highest BCUT2D eigenvalue weighted by atomic mass is 35.5. The number of amidine groups is 1. The Balaban J connectivity index is 1.30. The zero-order chi connectivity index (χ0) is 24.2. The lowest BCUT2D eigenvalue weighted by Crippen LogP contribution is -2.38. The molecule has 2 fully saturated rings. The van der Waals surface area contributed by atoms with Gasteiger partial charge in [0.15, 0.2) is 0 Å². The lowest BCUT2D eigenvalue weighted by Gasteiger charge is -2.32. The van der Waals surface area contributed by atoms with Crippen molar-refractivity contribution in [3.8, 4) is 0 Å². The average molecular weight is 516 g/mol. The second-order valence-electron chi connectivity index (χ2n) is 9.01. The molecule has 1 aromatic heterocycles. The fraction of sp³-hybridized carbons (Fsp3) is 0.480. The number of rotatable bonds is 6. The molecule has 4 heterocycles. The van der Waals surface area contributed by atoms with Crippen LogP contribution >= 0.6 is 22.9 Å². The Bertz CT molecular complexity index is 1110. The van der Waals surface area contributed by atoms with Gasteiger partial charge in [-0.05, 0) is 37.5 Å². The highest BCUT2D eigenvalue weighted by molar-refractivity contribution is 7.18. The molecular weight excluding hydrogens is 486 g/mol. The molecule has 0 aliphatic carbocycles. The molecule has 35 heavy (non-hydrogen) atoms. The molecule has 1 aromatic carbocycles. The molecule has 0 bridgehead atoms. The third-order valence-electron chi connectivity index (χ3n) is 6.63. The van der Waals surface area contributed by atoms with Crippen LogP contribution in [-0.4, -0.2) is 74.4 Å². The summed E-state index contributed by atoms with van der Waals surface area (Å²) in [5, 5.41) is 16.1. The van der Waals surface area contributed by atoms with E-state index in [9.17, 15) is 4.79 Å². The molecule has 5 rings (SSSR count). The van der Waals surface area contributed by atoms with Gasteiger partial charge in [-0.3, -0.25) is 10.2 Å². The second-order valence-corrected chi connectivity index (χ2v) is 10.7. The van der Waals surface area contributed by atoms with Crippen molar-refractivity contribution in [3.63, 3.8) is 0 Å². The number of anilines is 1. The van der Waals surface area contributed by atoms with Crippen LogP contribution in [0.15, 0.2) is 35.5 Å². The maximum absolute atomic E-state index is 12.4. The smallest absolute Gasteiger partial charge is 0.261 e. The highest BCUT2D eigenvalue weighted by Gasteiger charge is 2.27. The molecule has 8 nitrogen and oxygen atoms in total. The van der Waals surface area contributed by atoms with Crippen LogP contribution < -0.4 is 10.2 Å². The molecule has 3 aliphatic rings. The van der Waals surface area contributed by atoms with Gasteiger partial charge in [0, 0.05) is 49.4 Å². The van der Waals surface area contributed by atoms with Gasteiger partial charge < -0.3 is 24.7 Å². The number of hydrogen-bond acceptors (Lipinski definition) is 7. The lowest BCUT2D eigenvalue weighted by atomic mass is 9.98. The third kappa shape index (κ3) is 5.63. The van der Waals surface area contributed by atoms with Crippen LogP contribution in [-0.2, 0) is 9.57 Å². The number of oxime groups is 1. The Labute approximate surface area is 214 Å². The maximum Gasteiger partial charge on any atom is 0.261 e. The number of benzene rings is 1. The normalized spacial score (nSPS) is 20.4. The molecule has 10 heteroatoms. The molecule has 1 unspecified atom stereocenters. The number of amides is 1. The number of morpholine rings is 1. The summed E-state index contributed by atoms with van der Waals surface area (Å²) in [6.45, 7) is 5.20. The van der Waals surface area contributed by atoms with Crippen molar-refractivity contribution >= 4 is 46.1 Å². The lowest BCUT2D eigenvalue weighted by molar-refractivity contribution is 0.0755. The fourth-order valence-corrected chi connectivity index (χ4v) is 5.68. The van der Waals surface area contributed by atoms with Crippen LogP contribution in [0.3, 0.4) is 0 Å². The van der Waals surface area contributed by atoms with Crippen molar-refractivity contribution in [2.75, 3.05) is 50.8 Å². The fourth-order valence-electron chi connectivity index (χ4n) is 4.72. The van der Waals surface area contributed by atoms with Gasteiger partial charge in [-0.25, -0.2) is 0 Å². The SMILES string of the molecule is N=C(c1ccc(C2=NOC(CNC(=O)c3ccc(Cl)s3)C2)c(N2CCOCC2)c1)N1CCCCC1. The van der Waals surface area contributed by atoms with Crippen LogP contribution in [0.25, 0.3) is 0 Å². The minimum Gasteiger partial charge on any atom is -0.390 e. The molecule has 0 saturated carbocycles. The minimum atomic E-state index is -0.228. The minimum absolute atomic E-state index is 0.159. The first-order valence-corrected chi connectivity index (χ1v) is 13.3. The molecule has 0 radical (unpaired) electrons. The molecule has 1 amide bonds. The topological polar surface area (TPSA) is 90.2 Å². The zero-order valence-electron chi connectivity index (χ0n) is 19.6. The standard InChI is InChI=1S/C25H30ClN5O3S/c26-23-7-6-22(35-23)25(32)28-16-18-15-20(29-34-18)19-5-4-17(24(27)31-8-2-1-3-9-31)14-21(19)30-10-12-33-13-11-30/h4-7,14,18,27H,1-3,8-13,15-16H2,(H,28,32). The van der Waals surface area contributed by atoms with Gasteiger partial charge in [0.1, 0.15) is 11.9 Å². The Kier molecular flexibility index (Phi) is 7.55. The van der Waals surface area contributed by atoms with E-state index in [0.29, 0.717) is 41.2 Å². The van der Waals surface area contributed by atoms with Gasteiger partial charge in [0.2, 0.25) is 0 Å². The molecule has 1 atom stereocenters. The number of nitrogens with one attached hydrogen (secondary N) is 2. The van der Waals surface area contributed by atoms with Crippen molar-refractivity contribution in [2.24, 2.45) is 5.16 Å². The molecule has 3 aliphatic heterocycles. The number of carbonyl (C=O) groups is 1. The number of carbonyl (C=O) groups excluding carboxylic acids is 1. The van der Waals surface area contributed by atoms with Crippen LogP contribution in [0, 0.1) is 5.41 Å². The predicted molar refractivity (Wildman–Crippen MR) is 139 cm³/mol. The van der Waals surface area contributed by atoms with Crippen LogP contribution in [0.4, 0.5) is 5.69 Å². The van der Waals surface area contributed by atoms with Crippen LogP contribution in [0.2, 0.25) is 4.34 Å². The maximum atomic E-state index is 12.4. The van der Waals surface area contributed by atoms with Crippen molar-refractivity contribution < 1.29 is 14.4 Å². The number of piperidine rings is 1. The Hall–Kier alpha value is -2.62. The highest BCUT2D eigenvalue weighted by Crippen LogP contribution is 2.29. The van der Waals surface area contributed by atoms with E-state index < -0.39 is 0 Å². The van der Waals surface area contributed by atoms with Gasteiger partial charge in [-0.1, -0.05) is 28.9 Å². The average Bonchev–Trinajstić information content (AvgIpc) is 3.57. The second kappa shape index (κ2) is 11.0. The van der Waals surface area contributed by atoms with E-state index in [1.807, 2.05) is 6.07 Å². The number of likely N-dealkylation sites (tertiary alicyclic amines) is 1. The molecular formula is C25H30ClN5O3S. The first-order chi connectivity index (χ1) is 17.1. The Morgan fingerprint density at radius 3 is 2.69 bits per heavy atom. The number of ether oxygens (including phenoxy) is 1. The van der Waals surface area contributed by atoms with E-state index >= 15 is 0 Å². The molecule has 186 valence electrons. The van der Waals surface area contributed by atoms with E-state index in [1.165, 1.54) is 17.8 Å². The summed E-state index contributed by atoms with van der Waals surface area (Å²) in [7, 11) is 0. The van der Waals surface area contributed by atoms with E-state index in [-0.39, 0.29) is 12.0 Å². The van der Waals surface area contributed by atoms with E-state index in [4.69, 9.17) is 26.6 Å². The summed E-state index contributed by atoms with van der Waals surface area (Å²) in [5.74, 6) is 0.429. The monoisotopic (exact) mass is 515 g/mol. The van der Waals surface area contributed by atoms with E-state index in [2.05, 4.69) is 32.4 Å². The van der Waals surface area contributed by atoms with Crippen molar-refractivity contribution in [1.82, 2.24) is 10.2 Å². The Morgan fingerprint density at radius 1 is 1.14 bits per heavy atom. The van der Waals surface area contributed by atoms with Crippen molar-refractivity contribution in [3.05, 3.63) is 50.7 Å². The summed E-state index contributed by atoms with van der Waals surface area (Å²) in [5.41, 5.74) is 3.87. The Morgan fingerprint density at radius 2 is 1.94 bits per heavy atom. The van der Waals surface area contributed by atoms with E-state index in [0.717, 1.165) is 61.5 Å². The summed E-state index contributed by atoms with van der Waals surface area (Å²) in [4.78, 5) is 23.1. The van der Waals surface area contributed by atoms with Gasteiger partial charge in [0.25, 0.3) is 5.91 Å². The largest absolute Gasteiger partial charge is 0.390 e. The molecule has 0 spiro atoms. The summed E-state index contributed by atoms with van der Waals surface area (Å²) < 4.78 is 6.16. The van der Waals surface area contributed by atoms with Crippen molar-refractivity contribution in [1.29, 1.82) is 5.41 Å². The number of nitrogens with zero attached hydrogens (tertiary/aromatic N) is 3. The first-order valence-electron chi connectivity index (χ1n) is 12.2. The number of hydrogen-bond donors (Lipinski definition) is 2. The van der Waals surface area contributed by atoms with Gasteiger partial charge in [0.05, 0.1) is 34.7 Å². The number of halogens is 1. The van der Waals surface area contributed by atoms with Crippen LogP contribution in [0.5, 0.6) is 0 Å². The summed E-state index contributed by atoms with van der Waals surface area (Å²) >= 11 is 7.19. The van der Waals surface area contributed by atoms with Gasteiger partial charge >= 0.3 is 0 Å². The summed E-state index contributed by atoms with van der Waals surface area (Å²) in [6, 6.07) is 9.65. The molecule has 2 N–H and O–H groups in total. The van der Waals surface area contributed by atoms with Crippen LogP contribution in [0.1, 0.15) is 46.5 Å². The van der Waals surface area contributed by atoms with Gasteiger partial charge in [-0.2, -0.15) is 0 Å². The number of thiophene rings is 1. The zero-order valence-corrected chi connectivity index (χ0v) is 21.2. The van der Waals surface area contributed by atoms with E-state index in [1.54, 1.807) is 12.1 Å². The van der Waals surface area contributed by atoms with Crippen molar-refractivity contribution in [2.45, 2.75) is 31.8 Å². The molecule has 2 aromatic rings. The molecule has 2 saturated heterocycles. The summed E-state index contributed by atoms with van der Waals surface area (Å²) in [6.07, 6.45) is 3.90. The predicted octanol–water partition coefficient (Wildman–Crippen LogP) is 3.97. The van der Waals surface area contributed by atoms with Gasteiger partial charge in [-0.15, -0.1) is 11.3 Å².